The number of rotatable bonds is 4. The van der Waals surface area contributed by atoms with Crippen LogP contribution in [0.4, 0.5) is 5.95 Å². The molecule has 1 heterocycles. The van der Waals surface area contributed by atoms with Crippen molar-refractivity contribution < 1.29 is 4.79 Å². The SMILES string of the molecule is CN(C)c1nnc(-c2ccccc2)n1-c1cccc(C=O)c1. The number of benzene rings is 2. The van der Waals surface area contributed by atoms with E-state index in [4.69, 9.17) is 0 Å². The van der Waals surface area contributed by atoms with E-state index < -0.39 is 0 Å². The van der Waals surface area contributed by atoms with Crippen molar-refractivity contribution in [1.82, 2.24) is 14.8 Å². The fraction of sp³-hybridized carbons (Fsp3) is 0.118. The zero-order chi connectivity index (χ0) is 15.5. The zero-order valence-corrected chi connectivity index (χ0v) is 12.5. The molecule has 0 spiro atoms. The Morgan fingerprint density at radius 1 is 1.00 bits per heavy atom. The third-order valence-corrected chi connectivity index (χ3v) is 3.34. The average molecular weight is 292 g/mol. The van der Waals surface area contributed by atoms with Crippen LogP contribution in [0.2, 0.25) is 0 Å². The molecule has 0 saturated carbocycles. The number of carbonyl (C=O) groups is 1. The van der Waals surface area contributed by atoms with Crippen LogP contribution in [0.15, 0.2) is 54.6 Å². The third kappa shape index (κ3) is 2.48. The number of hydrogen-bond donors (Lipinski definition) is 0. The van der Waals surface area contributed by atoms with Gasteiger partial charge in [0.15, 0.2) is 5.82 Å². The van der Waals surface area contributed by atoms with Crippen LogP contribution in [-0.4, -0.2) is 35.1 Å². The van der Waals surface area contributed by atoms with Gasteiger partial charge in [-0.15, -0.1) is 10.2 Å². The van der Waals surface area contributed by atoms with Crippen molar-refractivity contribution in [2.24, 2.45) is 0 Å². The van der Waals surface area contributed by atoms with E-state index in [9.17, 15) is 4.79 Å². The van der Waals surface area contributed by atoms with E-state index in [0.717, 1.165) is 23.4 Å². The minimum Gasteiger partial charge on any atom is -0.347 e. The van der Waals surface area contributed by atoms with Crippen molar-refractivity contribution >= 4 is 12.2 Å². The van der Waals surface area contributed by atoms with Gasteiger partial charge < -0.3 is 4.90 Å². The Bertz CT molecular complexity index is 793. The van der Waals surface area contributed by atoms with Crippen molar-refractivity contribution in [2.75, 3.05) is 19.0 Å². The monoisotopic (exact) mass is 292 g/mol. The topological polar surface area (TPSA) is 51.0 Å². The van der Waals surface area contributed by atoms with Gasteiger partial charge >= 0.3 is 0 Å². The molecule has 0 aliphatic rings. The van der Waals surface area contributed by atoms with Gasteiger partial charge in [-0.25, -0.2) is 0 Å². The highest BCUT2D eigenvalue weighted by molar-refractivity contribution is 5.76. The summed E-state index contributed by atoms with van der Waals surface area (Å²) in [5, 5.41) is 8.60. The smallest absolute Gasteiger partial charge is 0.231 e. The Balaban J connectivity index is 2.23. The van der Waals surface area contributed by atoms with E-state index in [0.29, 0.717) is 11.5 Å². The van der Waals surface area contributed by atoms with Crippen LogP contribution in [0.3, 0.4) is 0 Å². The first kappa shape index (κ1) is 14.0. The van der Waals surface area contributed by atoms with Crippen LogP contribution in [0, 0.1) is 0 Å². The van der Waals surface area contributed by atoms with Crippen molar-refractivity contribution in [2.45, 2.75) is 0 Å². The normalized spacial score (nSPS) is 10.5. The molecule has 3 aromatic rings. The maximum Gasteiger partial charge on any atom is 0.231 e. The summed E-state index contributed by atoms with van der Waals surface area (Å²) in [4.78, 5) is 12.9. The van der Waals surface area contributed by atoms with Crippen molar-refractivity contribution in [1.29, 1.82) is 0 Å². The lowest BCUT2D eigenvalue weighted by Gasteiger charge is -2.15. The van der Waals surface area contributed by atoms with Crippen LogP contribution in [0.5, 0.6) is 0 Å². The van der Waals surface area contributed by atoms with E-state index in [1.165, 1.54) is 0 Å². The zero-order valence-electron chi connectivity index (χ0n) is 12.5. The minimum atomic E-state index is 0.620. The van der Waals surface area contributed by atoms with E-state index >= 15 is 0 Å². The Kier molecular flexibility index (Phi) is 3.70. The fourth-order valence-corrected chi connectivity index (χ4v) is 2.31. The van der Waals surface area contributed by atoms with Gasteiger partial charge in [0.05, 0.1) is 5.69 Å². The molecule has 0 radical (unpaired) electrons. The summed E-state index contributed by atoms with van der Waals surface area (Å²) in [5.74, 6) is 1.45. The quantitative estimate of drug-likeness (QED) is 0.694. The standard InChI is InChI=1S/C17H16N4O/c1-20(2)17-19-18-16(14-8-4-3-5-9-14)21(17)15-10-6-7-13(11-15)12-22/h3-12H,1-2H3. The molecule has 5 heteroatoms. The third-order valence-electron chi connectivity index (χ3n) is 3.34. The Morgan fingerprint density at radius 3 is 2.45 bits per heavy atom. The second-order valence-electron chi connectivity index (χ2n) is 5.13. The highest BCUT2D eigenvalue weighted by atomic mass is 16.1. The number of hydrogen-bond acceptors (Lipinski definition) is 4. The number of nitrogens with zero attached hydrogens (tertiary/aromatic N) is 4. The van der Waals surface area contributed by atoms with Gasteiger partial charge in [0.2, 0.25) is 5.95 Å². The molecule has 0 unspecified atom stereocenters. The van der Waals surface area contributed by atoms with Crippen molar-refractivity contribution in [3.63, 3.8) is 0 Å². The molecule has 0 amide bonds. The lowest BCUT2D eigenvalue weighted by molar-refractivity contribution is 0.112. The van der Waals surface area contributed by atoms with Crippen LogP contribution in [0.1, 0.15) is 10.4 Å². The van der Waals surface area contributed by atoms with E-state index in [2.05, 4.69) is 10.2 Å². The summed E-state index contributed by atoms with van der Waals surface area (Å²) in [6.07, 6.45) is 0.839. The summed E-state index contributed by atoms with van der Waals surface area (Å²) in [6.45, 7) is 0. The summed E-state index contributed by atoms with van der Waals surface area (Å²) in [7, 11) is 3.83. The number of carbonyl (C=O) groups excluding carboxylic acids is 1. The molecule has 0 saturated heterocycles. The average Bonchev–Trinajstić information content (AvgIpc) is 3.01. The van der Waals surface area contributed by atoms with Crippen molar-refractivity contribution in [3.8, 4) is 17.1 Å². The molecule has 110 valence electrons. The molecule has 0 fully saturated rings. The van der Waals surface area contributed by atoms with Gasteiger partial charge in [-0.1, -0.05) is 42.5 Å². The highest BCUT2D eigenvalue weighted by Gasteiger charge is 2.16. The van der Waals surface area contributed by atoms with E-state index in [-0.39, 0.29) is 0 Å². The molecule has 0 aliphatic heterocycles. The second-order valence-corrected chi connectivity index (χ2v) is 5.13. The molecule has 0 aliphatic carbocycles. The van der Waals surface area contributed by atoms with E-state index in [1.807, 2.05) is 72.1 Å². The van der Waals surface area contributed by atoms with Gasteiger partial charge in [-0.3, -0.25) is 9.36 Å². The van der Waals surface area contributed by atoms with Crippen LogP contribution < -0.4 is 4.90 Å². The maximum atomic E-state index is 11.1. The van der Waals surface area contributed by atoms with Gasteiger partial charge in [-0.2, -0.15) is 0 Å². The molecule has 1 aromatic heterocycles. The summed E-state index contributed by atoms with van der Waals surface area (Å²) in [6, 6.07) is 17.3. The summed E-state index contributed by atoms with van der Waals surface area (Å²) < 4.78 is 1.95. The van der Waals surface area contributed by atoms with Crippen LogP contribution in [0.25, 0.3) is 17.1 Å². The lowest BCUT2D eigenvalue weighted by atomic mass is 10.2. The minimum absolute atomic E-state index is 0.620. The van der Waals surface area contributed by atoms with Crippen molar-refractivity contribution in [3.05, 3.63) is 60.2 Å². The molecule has 0 N–H and O–H groups in total. The number of aromatic nitrogens is 3. The first-order chi connectivity index (χ1) is 10.7. The Morgan fingerprint density at radius 2 is 1.77 bits per heavy atom. The molecule has 2 aromatic carbocycles. The van der Waals surface area contributed by atoms with Crippen LogP contribution >= 0.6 is 0 Å². The van der Waals surface area contributed by atoms with Gasteiger partial charge in [0, 0.05) is 25.2 Å². The first-order valence-corrected chi connectivity index (χ1v) is 6.94. The highest BCUT2D eigenvalue weighted by Crippen LogP contribution is 2.26. The maximum absolute atomic E-state index is 11.1. The predicted molar refractivity (Wildman–Crippen MR) is 86.5 cm³/mol. The molecule has 0 atom stereocenters. The lowest BCUT2D eigenvalue weighted by Crippen LogP contribution is -2.15. The molecule has 22 heavy (non-hydrogen) atoms. The molecule has 3 rings (SSSR count). The summed E-state index contributed by atoms with van der Waals surface area (Å²) in [5.41, 5.74) is 2.45. The molecule has 0 bridgehead atoms. The van der Waals surface area contributed by atoms with Gasteiger partial charge in [-0.05, 0) is 12.1 Å². The number of anilines is 1. The summed E-state index contributed by atoms with van der Waals surface area (Å²) >= 11 is 0. The molecule has 5 nitrogen and oxygen atoms in total. The van der Waals surface area contributed by atoms with Gasteiger partial charge in [0.25, 0.3) is 0 Å². The van der Waals surface area contributed by atoms with Gasteiger partial charge in [0.1, 0.15) is 6.29 Å². The largest absolute Gasteiger partial charge is 0.347 e. The fourth-order valence-electron chi connectivity index (χ4n) is 2.31. The Labute approximate surface area is 128 Å². The van der Waals surface area contributed by atoms with E-state index in [1.54, 1.807) is 6.07 Å². The predicted octanol–water partition coefficient (Wildman–Crippen LogP) is 2.81. The molecular formula is C17H16N4O. The Hall–Kier alpha value is -2.95. The number of aldehydes is 1. The molecular weight excluding hydrogens is 276 g/mol. The second kappa shape index (κ2) is 5.81. The van der Waals surface area contributed by atoms with Crippen LogP contribution in [-0.2, 0) is 0 Å². The first-order valence-electron chi connectivity index (χ1n) is 6.94.